The number of alkyl halides is 4. The lowest BCUT2D eigenvalue weighted by molar-refractivity contribution is -0.275. The Hall–Kier alpha value is -3.02. The van der Waals surface area contributed by atoms with E-state index in [4.69, 9.17) is 5.73 Å². The van der Waals surface area contributed by atoms with Crippen LogP contribution in [0.5, 0.6) is 5.75 Å². The van der Waals surface area contributed by atoms with Gasteiger partial charge in [-0.1, -0.05) is 0 Å². The minimum Gasteiger partial charge on any atom is -0.403 e. The second-order valence-electron chi connectivity index (χ2n) is 6.92. The van der Waals surface area contributed by atoms with Gasteiger partial charge in [0.25, 0.3) is 0 Å². The van der Waals surface area contributed by atoms with Crippen LogP contribution in [0.2, 0.25) is 0 Å². The van der Waals surface area contributed by atoms with Gasteiger partial charge in [-0.15, -0.1) is 13.2 Å². The van der Waals surface area contributed by atoms with E-state index < -0.39 is 30.1 Å². The van der Waals surface area contributed by atoms with E-state index in [0.29, 0.717) is 18.8 Å². The number of piperidine rings is 1. The number of carbonyl (C=O) groups is 1. The summed E-state index contributed by atoms with van der Waals surface area (Å²) in [5, 5.41) is 2.62. The van der Waals surface area contributed by atoms with E-state index in [0.717, 1.165) is 12.1 Å². The summed E-state index contributed by atoms with van der Waals surface area (Å²) in [7, 11) is 0. The quantitative estimate of drug-likeness (QED) is 0.664. The molecule has 12 heteroatoms. The second-order valence-corrected chi connectivity index (χ2v) is 6.92. The molecule has 0 bridgehead atoms. The molecule has 0 radical (unpaired) electrons. The number of ether oxygens (including phenoxy) is 1. The van der Waals surface area contributed by atoms with Crippen LogP contribution in [-0.4, -0.2) is 54.1 Å². The molecule has 0 unspecified atom stereocenters. The predicted octanol–water partition coefficient (Wildman–Crippen LogP) is 2.56. The maximum Gasteiger partial charge on any atom is 0.573 e. The van der Waals surface area contributed by atoms with Crippen LogP contribution in [0.1, 0.15) is 12.8 Å². The number of nitrogens with two attached hydrogens (primary N) is 1. The van der Waals surface area contributed by atoms with Crippen LogP contribution in [-0.2, 0) is 4.79 Å². The molecule has 1 fully saturated rings. The van der Waals surface area contributed by atoms with Gasteiger partial charge in [0.15, 0.2) is 11.6 Å². The summed E-state index contributed by atoms with van der Waals surface area (Å²) in [5.74, 6) is -2.10. The molecule has 1 amide bonds. The zero-order valence-corrected chi connectivity index (χ0v) is 16.2. The van der Waals surface area contributed by atoms with Crippen LogP contribution in [0, 0.1) is 5.82 Å². The minimum atomic E-state index is -5.01. The van der Waals surface area contributed by atoms with Crippen LogP contribution in [0.4, 0.5) is 27.8 Å². The Morgan fingerprint density at radius 1 is 1.29 bits per heavy atom. The molecule has 0 saturated carbocycles. The molecule has 1 aliphatic rings. The molecule has 1 aromatic carbocycles. The number of aromatic nitrogens is 2. The smallest absolute Gasteiger partial charge is 0.403 e. The summed E-state index contributed by atoms with van der Waals surface area (Å²) in [6, 6.07) is 3.80. The molecule has 3 N–H and O–H groups in total. The van der Waals surface area contributed by atoms with Crippen molar-refractivity contribution in [1.82, 2.24) is 15.3 Å². The van der Waals surface area contributed by atoms with E-state index in [-0.39, 0.29) is 36.7 Å². The van der Waals surface area contributed by atoms with Crippen molar-refractivity contribution in [3.8, 4) is 17.0 Å². The van der Waals surface area contributed by atoms with Crippen molar-refractivity contribution in [1.29, 1.82) is 0 Å². The summed E-state index contributed by atoms with van der Waals surface area (Å²) in [6.45, 7) is 0.545. The standard InChI is InChI=1S/C19H20F5N5O2/c20-12-7-11(1-2-16(12)31-19(22,23)24)15-8-17(27-10-26-15)29-6-4-14(13(21)9-29)28-18(30)3-5-25/h1-2,7-8,10,13-14H,3-6,9,25H2,(H,28,30)/t13-,14-/m1/s1. The third-order valence-electron chi connectivity index (χ3n) is 4.69. The van der Waals surface area contributed by atoms with Crippen molar-refractivity contribution in [3.63, 3.8) is 0 Å². The number of anilines is 1. The molecule has 7 nitrogen and oxygen atoms in total. The van der Waals surface area contributed by atoms with Gasteiger partial charge in [0.1, 0.15) is 18.3 Å². The second kappa shape index (κ2) is 9.41. The Labute approximate surface area is 174 Å². The summed E-state index contributed by atoms with van der Waals surface area (Å²) in [6.07, 6.45) is -4.69. The van der Waals surface area contributed by atoms with Crippen LogP contribution in [0.25, 0.3) is 11.3 Å². The monoisotopic (exact) mass is 445 g/mol. The van der Waals surface area contributed by atoms with Gasteiger partial charge < -0.3 is 20.7 Å². The van der Waals surface area contributed by atoms with Gasteiger partial charge in [0.05, 0.1) is 18.3 Å². The van der Waals surface area contributed by atoms with Crippen LogP contribution in [0.15, 0.2) is 30.6 Å². The Morgan fingerprint density at radius 2 is 2.06 bits per heavy atom. The van der Waals surface area contributed by atoms with E-state index in [9.17, 15) is 26.7 Å². The molecule has 1 aliphatic heterocycles. The number of nitrogens with zero attached hydrogens (tertiary/aromatic N) is 3. The third-order valence-corrected chi connectivity index (χ3v) is 4.69. The minimum absolute atomic E-state index is 0.0310. The van der Waals surface area contributed by atoms with Gasteiger partial charge in [0, 0.05) is 31.1 Å². The molecule has 0 spiro atoms. The van der Waals surface area contributed by atoms with Crippen molar-refractivity contribution in [3.05, 3.63) is 36.4 Å². The number of nitrogens with one attached hydrogen (secondary N) is 1. The van der Waals surface area contributed by atoms with Gasteiger partial charge in [-0.05, 0) is 24.6 Å². The van der Waals surface area contributed by atoms with Crippen LogP contribution in [0.3, 0.4) is 0 Å². The first-order chi connectivity index (χ1) is 14.7. The van der Waals surface area contributed by atoms with Gasteiger partial charge in [-0.3, -0.25) is 4.79 Å². The summed E-state index contributed by atoms with van der Waals surface area (Å²) < 4.78 is 69.1. The molecular weight excluding hydrogens is 425 g/mol. The molecule has 2 atom stereocenters. The molecule has 168 valence electrons. The first kappa shape index (κ1) is 22.7. The molecule has 2 heterocycles. The Morgan fingerprint density at radius 3 is 2.71 bits per heavy atom. The van der Waals surface area contributed by atoms with Crippen molar-refractivity contribution >= 4 is 11.7 Å². The zero-order chi connectivity index (χ0) is 22.6. The van der Waals surface area contributed by atoms with E-state index in [2.05, 4.69) is 20.0 Å². The first-order valence-corrected chi connectivity index (χ1v) is 9.42. The average molecular weight is 445 g/mol. The zero-order valence-electron chi connectivity index (χ0n) is 16.2. The van der Waals surface area contributed by atoms with Gasteiger partial charge in [-0.25, -0.2) is 18.7 Å². The molecular formula is C19H20F5N5O2. The van der Waals surface area contributed by atoms with E-state index in [1.54, 1.807) is 4.90 Å². The highest BCUT2D eigenvalue weighted by Crippen LogP contribution is 2.30. The van der Waals surface area contributed by atoms with E-state index >= 15 is 0 Å². The van der Waals surface area contributed by atoms with Gasteiger partial charge in [-0.2, -0.15) is 0 Å². The number of amides is 1. The number of halogens is 5. The lowest BCUT2D eigenvalue weighted by Gasteiger charge is -2.35. The predicted molar refractivity (Wildman–Crippen MR) is 101 cm³/mol. The maximum atomic E-state index is 14.6. The SMILES string of the molecule is NCCC(=O)N[C@@H]1CCN(c2cc(-c3ccc(OC(F)(F)F)c(F)c3)ncn2)C[C@H]1F. The fourth-order valence-electron chi connectivity index (χ4n) is 3.23. The molecule has 3 rings (SSSR count). The number of rotatable bonds is 6. The van der Waals surface area contributed by atoms with Crippen LogP contribution < -0.4 is 20.7 Å². The Kier molecular flexibility index (Phi) is 6.88. The normalized spacial score (nSPS) is 19.2. The van der Waals surface area contributed by atoms with E-state index in [1.165, 1.54) is 18.5 Å². The van der Waals surface area contributed by atoms with Crippen molar-refractivity contribution in [2.45, 2.75) is 31.4 Å². The Balaban J connectivity index is 1.71. The first-order valence-electron chi connectivity index (χ1n) is 9.42. The topological polar surface area (TPSA) is 93.4 Å². The summed E-state index contributed by atoms with van der Waals surface area (Å²) in [5.41, 5.74) is 5.77. The van der Waals surface area contributed by atoms with E-state index in [1.807, 2.05) is 0 Å². The average Bonchev–Trinajstić information content (AvgIpc) is 2.70. The number of hydrogen-bond acceptors (Lipinski definition) is 6. The molecule has 2 aromatic rings. The summed E-state index contributed by atoms with van der Waals surface area (Å²) >= 11 is 0. The fourth-order valence-corrected chi connectivity index (χ4v) is 3.23. The molecule has 1 saturated heterocycles. The molecule has 0 aliphatic carbocycles. The third kappa shape index (κ3) is 6.00. The maximum absolute atomic E-state index is 14.6. The van der Waals surface area contributed by atoms with Crippen LogP contribution >= 0.6 is 0 Å². The highest BCUT2D eigenvalue weighted by molar-refractivity contribution is 5.76. The molecule has 31 heavy (non-hydrogen) atoms. The van der Waals surface area contributed by atoms with Crippen molar-refractivity contribution < 1.29 is 31.5 Å². The largest absolute Gasteiger partial charge is 0.573 e. The number of hydrogen-bond donors (Lipinski definition) is 2. The Bertz CT molecular complexity index is 927. The van der Waals surface area contributed by atoms with Crippen molar-refractivity contribution in [2.24, 2.45) is 5.73 Å². The highest BCUT2D eigenvalue weighted by Gasteiger charge is 2.33. The van der Waals surface area contributed by atoms with Gasteiger partial charge in [0.2, 0.25) is 5.91 Å². The fraction of sp³-hybridized carbons (Fsp3) is 0.421. The van der Waals surface area contributed by atoms with Crippen molar-refractivity contribution in [2.75, 3.05) is 24.5 Å². The number of benzene rings is 1. The highest BCUT2D eigenvalue weighted by atomic mass is 19.4. The lowest BCUT2D eigenvalue weighted by Crippen LogP contribution is -2.52. The summed E-state index contributed by atoms with van der Waals surface area (Å²) in [4.78, 5) is 21.4. The van der Waals surface area contributed by atoms with Gasteiger partial charge >= 0.3 is 6.36 Å². The lowest BCUT2D eigenvalue weighted by atomic mass is 10.0. The number of carbonyl (C=O) groups excluding carboxylic acids is 1. The molecule has 1 aromatic heterocycles.